The summed E-state index contributed by atoms with van der Waals surface area (Å²) in [5.41, 5.74) is 5.43. The van der Waals surface area contributed by atoms with Crippen molar-refractivity contribution in [3.63, 3.8) is 0 Å². The Labute approximate surface area is 205 Å². The van der Waals surface area contributed by atoms with Gasteiger partial charge in [-0.2, -0.15) is 5.10 Å². The first kappa shape index (κ1) is 22.9. The van der Waals surface area contributed by atoms with Crippen LogP contribution in [0.4, 0.5) is 5.69 Å². The number of aryl methyl sites for hydroxylation is 2. The maximum Gasteiger partial charge on any atom is 0.155 e. The lowest BCUT2D eigenvalue weighted by molar-refractivity contribution is 0.174. The number of β-amino-alcohol motifs (C(OH)–C–C–N with tert-alkyl or cyclic N) is 1. The van der Waals surface area contributed by atoms with Crippen LogP contribution in [0, 0.1) is 6.92 Å². The van der Waals surface area contributed by atoms with Gasteiger partial charge in [-0.15, -0.1) is 0 Å². The van der Waals surface area contributed by atoms with Crippen molar-refractivity contribution >= 4 is 34.0 Å². The summed E-state index contributed by atoms with van der Waals surface area (Å²) in [6.45, 7) is 6.61. The van der Waals surface area contributed by atoms with Crippen molar-refractivity contribution in [2.45, 2.75) is 45.8 Å². The Hall–Kier alpha value is -2.87. The highest BCUT2D eigenvalue weighted by molar-refractivity contribution is 6.35. The van der Waals surface area contributed by atoms with Crippen LogP contribution in [0.3, 0.4) is 0 Å². The molecule has 0 amide bonds. The molecule has 1 unspecified atom stereocenters. The second kappa shape index (κ2) is 9.41. The Morgan fingerprint density at radius 3 is 2.88 bits per heavy atom. The minimum Gasteiger partial charge on any atom is -0.392 e. The molecular formula is C26H31ClN6O. The smallest absolute Gasteiger partial charge is 0.155 e. The molecular weight excluding hydrogens is 448 g/mol. The van der Waals surface area contributed by atoms with E-state index in [1.807, 2.05) is 35.5 Å². The summed E-state index contributed by atoms with van der Waals surface area (Å²) in [5, 5.41) is 19.9. The zero-order valence-corrected chi connectivity index (χ0v) is 20.7. The summed E-state index contributed by atoms with van der Waals surface area (Å²) in [5.74, 6) is 1.63. The summed E-state index contributed by atoms with van der Waals surface area (Å²) in [6, 6.07) is 6.22. The lowest BCUT2D eigenvalue weighted by Gasteiger charge is -2.13. The van der Waals surface area contributed by atoms with E-state index in [0.717, 1.165) is 83.4 Å². The third kappa shape index (κ3) is 4.56. The highest BCUT2D eigenvalue weighted by Gasteiger charge is 2.22. The maximum absolute atomic E-state index is 9.85. The van der Waals surface area contributed by atoms with Gasteiger partial charge in [-0.3, -0.25) is 4.90 Å². The molecule has 2 aliphatic heterocycles. The van der Waals surface area contributed by atoms with Gasteiger partial charge < -0.3 is 15.0 Å². The van der Waals surface area contributed by atoms with Crippen LogP contribution in [-0.2, 0) is 13.6 Å². The van der Waals surface area contributed by atoms with Crippen molar-refractivity contribution in [2.75, 3.05) is 18.4 Å². The van der Waals surface area contributed by atoms with E-state index >= 15 is 0 Å². The minimum absolute atomic E-state index is 0.222. The van der Waals surface area contributed by atoms with Crippen molar-refractivity contribution < 1.29 is 5.11 Å². The SMILES string of the molecule is CCC1=C(Nc2ccc3c(c2)c(Cl)cn3C)N=C(n2cc(CN3CCC(O)C3)c(C)n2)C=CC1. The van der Waals surface area contributed by atoms with Crippen molar-refractivity contribution in [1.82, 2.24) is 19.2 Å². The number of rotatable bonds is 5. The highest BCUT2D eigenvalue weighted by atomic mass is 35.5. The summed E-state index contributed by atoms with van der Waals surface area (Å²) in [4.78, 5) is 7.28. The predicted octanol–water partition coefficient (Wildman–Crippen LogP) is 4.84. The molecule has 34 heavy (non-hydrogen) atoms. The van der Waals surface area contributed by atoms with Gasteiger partial charge in [0, 0.05) is 61.2 Å². The third-order valence-electron chi connectivity index (χ3n) is 6.70. The van der Waals surface area contributed by atoms with E-state index in [-0.39, 0.29) is 6.10 Å². The van der Waals surface area contributed by atoms with Gasteiger partial charge in [0.1, 0.15) is 5.82 Å². The zero-order chi connectivity index (χ0) is 23.8. The molecule has 0 radical (unpaired) electrons. The lowest BCUT2D eigenvalue weighted by atomic mass is 10.1. The molecule has 1 saturated heterocycles. The molecule has 2 aromatic heterocycles. The molecule has 2 aliphatic rings. The van der Waals surface area contributed by atoms with Crippen LogP contribution in [0.25, 0.3) is 10.9 Å². The number of benzene rings is 1. The molecule has 1 aromatic carbocycles. The lowest BCUT2D eigenvalue weighted by Crippen LogP contribution is -2.21. The first-order valence-corrected chi connectivity index (χ1v) is 12.2. The minimum atomic E-state index is -0.222. The second-order valence-corrected chi connectivity index (χ2v) is 9.60. The van der Waals surface area contributed by atoms with E-state index in [0.29, 0.717) is 0 Å². The fourth-order valence-electron chi connectivity index (χ4n) is 4.71. The molecule has 1 atom stereocenters. The molecule has 8 heteroatoms. The quantitative estimate of drug-likeness (QED) is 0.550. The first-order chi connectivity index (χ1) is 16.4. The number of aromatic nitrogens is 3. The summed E-state index contributed by atoms with van der Waals surface area (Å²) in [7, 11) is 2.00. The topological polar surface area (TPSA) is 70.6 Å². The van der Waals surface area contributed by atoms with E-state index in [4.69, 9.17) is 21.7 Å². The Morgan fingerprint density at radius 1 is 1.26 bits per heavy atom. The highest BCUT2D eigenvalue weighted by Crippen LogP contribution is 2.29. The largest absolute Gasteiger partial charge is 0.392 e. The molecule has 2 N–H and O–H groups in total. The normalized spacial score (nSPS) is 19.2. The third-order valence-corrected chi connectivity index (χ3v) is 7.00. The van der Waals surface area contributed by atoms with Crippen molar-refractivity contribution in [2.24, 2.45) is 12.0 Å². The number of aliphatic imine (C=N–C) groups is 1. The first-order valence-electron chi connectivity index (χ1n) is 11.9. The fourth-order valence-corrected chi connectivity index (χ4v) is 5.01. The van der Waals surface area contributed by atoms with Crippen molar-refractivity contribution in [3.05, 3.63) is 70.4 Å². The molecule has 3 aromatic rings. The number of anilines is 1. The van der Waals surface area contributed by atoms with Crippen LogP contribution in [0.2, 0.25) is 5.02 Å². The molecule has 1 fully saturated rings. The Morgan fingerprint density at radius 2 is 2.12 bits per heavy atom. The zero-order valence-electron chi connectivity index (χ0n) is 19.9. The van der Waals surface area contributed by atoms with Gasteiger partial charge in [0.2, 0.25) is 0 Å². The number of nitrogens with one attached hydrogen (secondary N) is 1. The molecule has 4 heterocycles. The van der Waals surface area contributed by atoms with Gasteiger partial charge >= 0.3 is 0 Å². The van der Waals surface area contributed by atoms with Gasteiger partial charge in [0.25, 0.3) is 0 Å². The summed E-state index contributed by atoms with van der Waals surface area (Å²) >= 11 is 6.44. The van der Waals surface area contributed by atoms with E-state index in [9.17, 15) is 5.11 Å². The number of allylic oxidation sites excluding steroid dienone is 3. The second-order valence-electron chi connectivity index (χ2n) is 9.19. The van der Waals surface area contributed by atoms with Crippen LogP contribution < -0.4 is 5.32 Å². The van der Waals surface area contributed by atoms with Crippen LogP contribution in [0.15, 0.2) is 59.1 Å². The van der Waals surface area contributed by atoms with Crippen LogP contribution in [0.1, 0.15) is 37.4 Å². The van der Waals surface area contributed by atoms with E-state index in [2.05, 4.69) is 47.6 Å². The van der Waals surface area contributed by atoms with Gasteiger partial charge in [-0.25, -0.2) is 9.67 Å². The van der Waals surface area contributed by atoms with Gasteiger partial charge in [-0.1, -0.05) is 24.6 Å². The molecule has 0 saturated carbocycles. The van der Waals surface area contributed by atoms with E-state index in [1.54, 1.807) is 0 Å². The van der Waals surface area contributed by atoms with Crippen molar-refractivity contribution in [3.8, 4) is 0 Å². The van der Waals surface area contributed by atoms with Crippen LogP contribution in [0.5, 0.6) is 0 Å². The number of hydrogen-bond donors (Lipinski definition) is 2. The number of halogens is 1. The van der Waals surface area contributed by atoms with E-state index < -0.39 is 0 Å². The summed E-state index contributed by atoms with van der Waals surface area (Å²) < 4.78 is 3.90. The van der Waals surface area contributed by atoms with Gasteiger partial charge in [-0.05, 0) is 56.0 Å². The number of likely N-dealkylation sites (tertiary alicyclic amines) is 1. The molecule has 7 nitrogen and oxygen atoms in total. The van der Waals surface area contributed by atoms with Crippen LogP contribution >= 0.6 is 11.6 Å². The Balaban J connectivity index is 1.44. The van der Waals surface area contributed by atoms with Gasteiger partial charge in [0.05, 0.1) is 16.8 Å². The molecule has 5 rings (SSSR count). The monoisotopic (exact) mass is 478 g/mol. The predicted molar refractivity (Wildman–Crippen MR) is 138 cm³/mol. The molecule has 0 bridgehead atoms. The Bertz CT molecular complexity index is 1310. The van der Waals surface area contributed by atoms with Crippen molar-refractivity contribution in [1.29, 1.82) is 0 Å². The maximum atomic E-state index is 9.85. The van der Waals surface area contributed by atoms with E-state index in [1.165, 1.54) is 5.57 Å². The molecule has 0 aliphatic carbocycles. The standard InChI is InChI=1S/C26H31ClN6O/c1-4-18-6-5-7-25(33-14-19(17(2)30-33)13-32-11-10-21(34)15-32)29-26(18)28-20-8-9-24-22(12-20)23(27)16-31(24)3/h5,7-9,12,14,16,21,28,34H,4,6,10-11,13,15H2,1-3H3. The fraction of sp³-hybridized carbons (Fsp3) is 0.385. The van der Waals surface area contributed by atoms with Gasteiger partial charge in [0.15, 0.2) is 5.84 Å². The number of hydrogen-bond acceptors (Lipinski definition) is 5. The summed E-state index contributed by atoms with van der Waals surface area (Å²) in [6.07, 6.45) is 10.5. The Kier molecular flexibility index (Phi) is 6.34. The van der Waals surface area contributed by atoms with Crippen LogP contribution in [-0.4, -0.2) is 49.4 Å². The average molecular weight is 479 g/mol. The number of fused-ring (bicyclic) bond motifs is 1. The molecule has 178 valence electrons. The molecule has 0 spiro atoms. The number of aliphatic hydroxyl groups is 1. The average Bonchev–Trinajstić information content (AvgIpc) is 3.42. The number of aliphatic hydroxyl groups excluding tert-OH is 1. The number of nitrogens with zero attached hydrogens (tertiary/aromatic N) is 5.